The molecule has 4 aliphatic heterocycles. The van der Waals surface area contributed by atoms with Crippen LogP contribution in [0.5, 0.6) is 0 Å². The van der Waals surface area contributed by atoms with Gasteiger partial charge >= 0.3 is 0 Å². The Morgan fingerprint density at radius 1 is 1.19 bits per heavy atom. The third kappa shape index (κ3) is 3.22. The summed E-state index contributed by atoms with van der Waals surface area (Å²) in [6.45, 7) is 5.47. The Morgan fingerprint density at radius 3 is 2.74 bits per heavy atom. The zero-order chi connectivity index (χ0) is 18.4. The van der Waals surface area contributed by atoms with E-state index in [9.17, 15) is 4.79 Å². The third-order valence-corrected chi connectivity index (χ3v) is 7.41. The van der Waals surface area contributed by atoms with Crippen molar-refractivity contribution < 1.29 is 4.79 Å². The number of hydrogen-bond donors (Lipinski definition) is 2. The molecule has 7 heteroatoms. The summed E-state index contributed by atoms with van der Waals surface area (Å²) in [6, 6.07) is 7.24. The van der Waals surface area contributed by atoms with Crippen LogP contribution in [0.15, 0.2) is 18.2 Å². The number of anilines is 1. The van der Waals surface area contributed by atoms with Crippen molar-refractivity contribution in [3.05, 3.63) is 23.9 Å². The summed E-state index contributed by atoms with van der Waals surface area (Å²) in [6.07, 6.45) is 3.58. The summed E-state index contributed by atoms with van der Waals surface area (Å²) >= 11 is 1.44. The van der Waals surface area contributed by atoms with Crippen LogP contribution in [0.2, 0.25) is 0 Å². The molecule has 4 saturated heterocycles. The lowest BCUT2D eigenvalue weighted by Gasteiger charge is -2.44. The predicted octanol–water partition coefficient (Wildman–Crippen LogP) is 1.92. The molecule has 6 rings (SSSR count). The van der Waals surface area contributed by atoms with Crippen LogP contribution in [0.25, 0.3) is 10.1 Å². The van der Waals surface area contributed by atoms with Gasteiger partial charge in [0, 0.05) is 42.8 Å². The first kappa shape index (κ1) is 17.4. The maximum atomic E-state index is 12.9. The molecule has 2 aromatic rings. The number of aromatic nitrogens is 1. The molecule has 4 fully saturated rings. The SMILES string of the molecule is CNC1CCN(c2ccc3c(C(=O)NC4CN5CCC4CC5)nsc3c2)C1. The van der Waals surface area contributed by atoms with E-state index in [1.54, 1.807) is 0 Å². The van der Waals surface area contributed by atoms with Crippen LogP contribution >= 0.6 is 11.5 Å². The Bertz CT molecular complexity index is 844. The molecular weight excluding hydrogens is 358 g/mol. The number of benzene rings is 1. The van der Waals surface area contributed by atoms with E-state index in [2.05, 4.69) is 43.0 Å². The van der Waals surface area contributed by atoms with Crippen molar-refractivity contribution in [1.29, 1.82) is 0 Å². The molecule has 144 valence electrons. The maximum absolute atomic E-state index is 12.9. The van der Waals surface area contributed by atoms with Gasteiger partial charge < -0.3 is 20.4 Å². The van der Waals surface area contributed by atoms with Gasteiger partial charge in [-0.05, 0) is 75.0 Å². The van der Waals surface area contributed by atoms with Crippen molar-refractivity contribution in [2.24, 2.45) is 5.92 Å². The molecule has 6 nitrogen and oxygen atoms in total. The highest BCUT2D eigenvalue weighted by Gasteiger charge is 2.35. The van der Waals surface area contributed by atoms with Gasteiger partial charge in [0.05, 0.1) is 4.70 Å². The van der Waals surface area contributed by atoms with E-state index in [0.717, 1.165) is 29.7 Å². The van der Waals surface area contributed by atoms with Crippen molar-refractivity contribution in [1.82, 2.24) is 19.9 Å². The van der Waals surface area contributed by atoms with Gasteiger partial charge in [0.1, 0.15) is 5.69 Å². The average molecular weight is 386 g/mol. The Morgan fingerprint density at radius 2 is 2.04 bits per heavy atom. The van der Waals surface area contributed by atoms with Crippen molar-refractivity contribution in [2.75, 3.05) is 44.7 Å². The molecule has 5 heterocycles. The Hall–Kier alpha value is -1.70. The van der Waals surface area contributed by atoms with Crippen molar-refractivity contribution in [3.8, 4) is 0 Å². The molecule has 1 amide bonds. The molecule has 0 saturated carbocycles. The quantitative estimate of drug-likeness (QED) is 0.842. The second-order valence-corrected chi connectivity index (χ2v) is 8.95. The molecule has 0 aliphatic carbocycles. The van der Waals surface area contributed by atoms with Gasteiger partial charge in [0.15, 0.2) is 0 Å². The predicted molar refractivity (Wildman–Crippen MR) is 110 cm³/mol. The van der Waals surface area contributed by atoms with Crippen LogP contribution in [0, 0.1) is 5.92 Å². The number of fused-ring (bicyclic) bond motifs is 4. The number of rotatable bonds is 4. The monoisotopic (exact) mass is 385 g/mol. The van der Waals surface area contributed by atoms with E-state index >= 15 is 0 Å². The summed E-state index contributed by atoms with van der Waals surface area (Å²) in [5.41, 5.74) is 1.82. The van der Waals surface area contributed by atoms with Crippen LogP contribution in [0.3, 0.4) is 0 Å². The van der Waals surface area contributed by atoms with Crippen molar-refractivity contribution in [2.45, 2.75) is 31.3 Å². The molecular formula is C20H27N5OS. The topological polar surface area (TPSA) is 60.5 Å². The van der Waals surface area contributed by atoms with E-state index in [0.29, 0.717) is 17.7 Å². The summed E-state index contributed by atoms with van der Waals surface area (Å²) in [5.74, 6) is 0.620. The average Bonchev–Trinajstić information content (AvgIpc) is 3.35. The van der Waals surface area contributed by atoms with Gasteiger partial charge in [-0.15, -0.1) is 0 Å². The molecule has 2 N–H and O–H groups in total. The minimum Gasteiger partial charge on any atom is -0.370 e. The van der Waals surface area contributed by atoms with Crippen LogP contribution in [0.4, 0.5) is 5.69 Å². The summed E-state index contributed by atoms with van der Waals surface area (Å²) in [5, 5.41) is 7.61. The van der Waals surface area contributed by atoms with Gasteiger partial charge in [-0.2, -0.15) is 4.37 Å². The van der Waals surface area contributed by atoms with E-state index in [1.165, 1.54) is 49.6 Å². The number of hydrogen-bond acceptors (Lipinski definition) is 6. The standard InChI is InChI=1S/C20H27N5OS/c1-21-14-6-9-25(11-14)15-2-3-16-18(10-15)27-23-19(16)20(26)22-17-12-24-7-4-13(17)5-8-24/h2-3,10,13-14,17,21H,4-9,11-12H2,1H3,(H,22,26). The number of nitrogens with one attached hydrogen (secondary N) is 2. The third-order valence-electron chi connectivity index (χ3n) is 6.60. The fraction of sp³-hybridized carbons (Fsp3) is 0.600. The van der Waals surface area contributed by atoms with Gasteiger partial charge in [-0.25, -0.2) is 0 Å². The van der Waals surface area contributed by atoms with E-state index in [-0.39, 0.29) is 11.9 Å². The van der Waals surface area contributed by atoms with Crippen molar-refractivity contribution >= 4 is 33.2 Å². The number of carbonyl (C=O) groups is 1. The summed E-state index contributed by atoms with van der Waals surface area (Å²) < 4.78 is 5.60. The molecule has 1 aromatic heterocycles. The van der Waals surface area contributed by atoms with Crippen molar-refractivity contribution in [3.63, 3.8) is 0 Å². The number of piperidine rings is 3. The highest BCUT2D eigenvalue weighted by molar-refractivity contribution is 7.13. The maximum Gasteiger partial charge on any atom is 0.271 e. The summed E-state index contributed by atoms with van der Waals surface area (Å²) in [4.78, 5) is 17.8. The van der Waals surface area contributed by atoms with E-state index in [1.807, 2.05) is 7.05 Å². The number of likely N-dealkylation sites (N-methyl/N-ethyl adjacent to an activating group) is 1. The molecule has 2 atom stereocenters. The number of amides is 1. The highest BCUT2D eigenvalue weighted by atomic mass is 32.1. The largest absolute Gasteiger partial charge is 0.370 e. The number of carbonyl (C=O) groups excluding carboxylic acids is 1. The first-order chi connectivity index (χ1) is 13.2. The van der Waals surface area contributed by atoms with Gasteiger partial charge in [0.2, 0.25) is 0 Å². The minimum atomic E-state index is -0.0100. The van der Waals surface area contributed by atoms with Crippen LogP contribution in [-0.2, 0) is 0 Å². The highest BCUT2D eigenvalue weighted by Crippen LogP contribution is 2.31. The van der Waals surface area contributed by atoms with E-state index < -0.39 is 0 Å². The molecule has 0 radical (unpaired) electrons. The zero-order valence-corrected chi connectivity index (χ0v) is 16.6. The van der Waals surface area contributed by atoms with Crippen LogP contribution in [0.1, 0.15) is 29.8 Å². The molecule has 1 aromatic carbocycles. The zero-order valence-electron chi connectivity index (χ0n) is 15.8. The minimum absolute atomic E-state index is 0.0100. The molecule has 2 bridgehead atoms. The molecule has 2 unspecified atom stereocenters. The number of nitrogens with zero attached hydrogens (tertiary/aromatic N) is 3. The fourth-order valence-electron chi connectivity index (χ4n) is 4.88. The molecule has 0 spiro atoms. The lowest BCUT2D eigenvalue weighted by Crippen LogP contribution is -2.57. The second-order valence-electron chi connectivity index (χ2n) is 8.15. The fourth-order valence-corrected chi connectivity index (χ4v) is 5.69. The molecule has 27 heavy (non-hydrogen) atoms. The normalized spacial score (nSPS) is 30.2. The Labute approximate surface area is 164 Å². The lowest BCUT2D eigenvalue weighted by atomic mass is 9.84. The first-order valence-electron chi connectivity index (χ1n) is 10.1. The smallest absolute Gasteiger partial charge is 0.271 e. The molecule has 4 aliphatic rings. The second kappa shape index (κ2) is 7.04. The van der Waals surface area contributed by atoms with E-state index in [4.69, 9.17) is 0 Å². The van der Waals surface area contributed by atoms with Crippen LogP contribution < -0.4 is 15.5 Å². The first-order valence-corrected chi connectivity index (χ1v) is 10.8. The summed E-state index contributed by atoms with van der Waals surface area (Å²) in [7, 11) is 2.03. The van der Waals surface area contributed by atoms with Crippen LogP contribution in [-0.4, -0.2) is 67.0 Å². The lowest BCUT2D eigenvalue weighted by molar-refractivity contribution is 0.0619. The van der Waals surface area contributed by atoms with Gasteiger partial charge in [-0.1, -0.05) is 0 Å². The Balaban J connectivity index is 1.33. The van der Waals surface area contributed by atoms with Gasteiger partial charge in [0.25, 0.3) is 5.91 Å². The Kier molecular flexibility index (Phi) is 4.53. The van der Waals surface area contributed by atoms with Gasteiger partial charge in [-0.3, -0.25) is 4.79 Å².